The quantitative estimate of drug-likeness (QED) is 0.167. The molecule has 0 saturated carbocycles. The van der Waals surface area contributed by atoms with Crippen LogP contribution >= 0.6 is 0 Å². The number of nitrogens with zero attached hydrogens (tertiary/aromatic N) is 4. The highest BCUT2D eigenvalue weighted by molar-refractivity contribution is 7.00. The Hall–Kier alpha value is -8.15. The molecule has 4 nitrogen and oxygen atoms in total. The Balaban J connectivity index is 1.10. The maximum Gasteiger partial charge on any atom is 0.243 e. The standard InChI is InChI=1S/C58H35BN4/c1-3-17-36(18-4-1)55-60-56(37-19-5-2-6-20-37)62-57(61-55)38-31-32-50-44(33-38)45-34-39(63-52-29-15-9-23-42(52)43-24-10-16-30-53(43)63)35-49-54(45)59(50)51-28-14-13-27-48(51)58(49)46-25-11-7-21-40(46)41-22-8-12-26-47(41)58/h1-35H. The molecule has 0 saturated heterocycles. The van der Waals surface area contributed by atoms with Crippen LogP contribution in [0.1, 0.15) is 22.3 Å². The van der Waals surface area contributed by atoms with Gasteiger partial charge in [-0.2, -0.15) is 0 Å². The van der Waals surface area contributed by atoms with E-state index in [-0.39, 0.29) is 6.71 Å². The fourth-order valence-electron chi connectivity index (χ4n) is 11.5. The first-order valence-corrected chi connectivity index (χ1v) is 21.7. The summed E-state index contributed by atoms with van der Waals surface area (Å²) >= 11 is 0. The highest BCUT2D eigenvalue weighted by Gasteiger charge is 2.55. The predicted molar refractivity (Wildman–Crippen MR) is 258 cm³/mol. The zero-order chi connectivity index (χ0) is 41.2. The zero-order valence-electron chi connectivity index (χ0n) is 34.1. The van der Waals surface area contributed by atoms with E-state index in [1.165, 1.54) is 82.7 Å². The minimum Gasteiger partial charge on any atom is -0.309 e. The molecule has 5 heteroatoms. The van der Waals surface area contributed by atoms with Crippen molar-refractivity contribution in [2.75, 3.05) is 0 Å². The third kappa shape index (κ3) is 4.68. The first-order chi connectivity index (χ1) is 31.3. The average molecular weight is 799 g/mol. The molecular weight excluding hydrogens is 763 g/mol. The topological polar surface area (TPSA) is 43.6 Å². The SMILES string of the molecule is c1ccc(-c2nc(-c3ccccc3)nc(-c3ccc4c(c3)-c3cc(-n5c6ccccc6c6ccccc65)cc5c3B4c3ccccc3C53c4ccccc4-c4ccccc43)n2)cc1. The van der Waals surface area contributed by atoms with E-state index in [0.29, 0.717) is 17.5 Å². The van der Waals surface area contributed by atoms with Gasteiger partial charge in [0.1, 0.15) is 0 Å². The molecule has 14 rings (SSSR count). The van der Waals surface area contributed by atoms with Crippen molar-refractivity contribution >= 4 is 44.9 Å². The molecule has 2 aliphatic heterocycles. The van der Waals surface area contributed by atoms with Crippen molar-refractivity contribution in [3.63, 3.8) is 0 Å². The normalized spacial score (nSPS) is 13.5. The molecule has 63 heavy (non-hydrogen) atoms. The summed E-state index contributed by atoms with van der Waals surface area (Å²) in [6, 6.07) is 77.5. The van der Waals surface area contributed by atoms with E-state index in [9.17, 15) is 0 Å². The van der Waals surface area contributed by atoms with Gasteiger partial charge in [0.2, 0.25) is 6.71 Å². The Morgan fingerprint density at radius 3 is 1.48 bits per heavy atom. The molecular formula is C58H35BN4. The summed E-state index contributed by atoms with van der Waals surface area (Å²) in [5.41, 5.74) is 20.3. The monoisotopic (exact) mass is 798 g/mol. The summed E-state index contributed by atoms with van der Waals surface area (Å²) in [6.45, 7) is 0.0473. The number of fused-ring (bicyclic) bond motifs is 15. The Kier molecular flexibility index (Phi) is 7.09. The van der Waals surface area contributed by atoms with Gasteiger partial charge in [-0.15, -0.1) is 0 Å². The van der Waals surface area contributed by atoms with Gasteiger partial charge in [-0.05, 0) is 74.8 Å². The Morgan fingerprint density at radius 2 is 0.857 bits per heavy atom. The zero-order valence-corrected chi connectivity index (χ0v) is 34.1. The van der Waals surface area contributed by atoms with Crippen LogP contribution in [0.3, 0.4) is 0 Å². The third-order valence-electron chi connectivity index (χ3n) is 13.9. The molecule has 290 valence electrons. The van der Waals surface area contributed by atoms with Gasteiger partial charge in [-0.3, -0.25) is 0 Å². The van der Waals surface area contributed by atoms with Gasteiger partial charge in [0, 0.05) is 33.2 Å². The van der Waals surface area contributed by atoms with E-state index in [2.05, 4.69) is 180 Å². The number of benzene rings is 9. The van der Waals surface area contributed by atoms with Gasteiger partial charge in [-0.1, -0.05) is 198 Å². The lowest BCUT2D eigenvalue weighted by Gasteiger charge is -2.42. The average Bonchev–Trinajstić information content (AvgIpc) is 3.98. The number of rotatable bonds is 4. The fourth-order valence-corrected chi connectivity index (χ4v) is 11.5. The third-order valence-corrected chi connectivity index (χ3v) is 13.9. The van der Waals surface area contributed by atoms with Gasteiger partial charge in [0.05, 0.1) is 16.4 Å². The summed E-state index contributed by atoms with van der Waals surface area (Å²) in [5.74, 6) is 1.96. The van der Waals surface area contributed by atoms with Crippen LogP contribution in [0, 0.1) is 0 Å². The van der Waals surface area contributed by atoms with Crippen molar-refractivity contribution in [3.8, 4) is 62.1 Å². The van der Waals surface area contributed by atoms with E-state index >= 15 is 0 Å². The van der Waals surface area contributed by atoms with Gasteiger partial charge in [0.25, 0.3) is 0 Å². The first-order valence-electron chi connectivity index (χ1n) is 21.7. The second-order valence-corrected chi connectivity index (χ2v) is 17.0. The van der Waals surface area contributed by atoms with Gasteiger partial charge >= 0.3 is 0 Å². The van der Waals surface area contributed by atoms with E-state index < -0.39 is 5.41 Å². The smallest absolute Gasteiger partial charge is 0.243 e. The molecule has 0 N–H and O–H groups in total. The molecule has 11 aromatic rings. The number of aromatic nitrogens is 4. The molecule has 1 spiro atoms. The van der Waals surface area contributed by atoms with E-state index in [1.807, 2.05) is 36.4 Å². The molecule has 2 aromatic heterocycles. The van der Waals surface area contributed by atoms with Crippen molar-refractivity contribution < 1.29 is 0 Å². The number of hydrogen-bond donors (Lipinski definition) is 0. The highest BCUT2D eigenvalue weighted by Crippen LogP contribution is 2.57. The molecule has 3 aliphatic rings. The maximum atomic E-state index is 5.19. The summed E-state index contributed by atoms with van der Waals surface area (Å²) in [7, 11) is 0. The summed E-state index contributed by atoms with van der Waals surface area (Å²) in [4.78, 5) is 15.4. The lowest BCUT2D eigenvalue weighted by molar-refractivity contribution is 0.774. The van der Waals surface area contributed by atoms with Gasteiger partial charge in [-0.25, -0.2) is 15.0 Å². The largest absolute Gasteiger partial charge is 0.309 e. The van der Waals surface area contributed by atoms with Crippen LogP contribution in [-0.2, 0) is 5.41 Å². The van der Waals surface area contributed by atoms with Crippen LogP contribution in [-0.4, -0.2) is 26.2 Å². The van der Waals surface area contributed by atoms with E-state index in [4.69, 9.17) is 15.0 Å². The van der Waals surface area contributed by atoms with Crippen LogP contribution in [0.5, 0.6) is 0 Å². The van der Waals surface area contributed by atoms with Crippen LogP contribution in [0.25, 0.3) is 83.9 Å². The number of hydrogen-bond acceptors (Lipinski definition) is 3. The lowest BCUT2D eigenvalue weighted by atomic mass is 9.32. The van der Waals surface area contributed by atoms with Crippen LogP contribution in [0.2, 0.25) is 0 Å². The lowest BCUT2D eigenvalue weighted by Crippen LogP contribution is -2.59. The minimum atomic E-state index is -0.534. The van der Waals surface area contributed by atoms with Crippen molar-refractivity contribution in [1.29, 1.82) is 0 Å². The molecule has 0 radical (unpaired) electrons. The number of para-hydroxylation sites is 2. The van der Waals surface area contributed by atoms with E-state index in [1.54, 1.807) is 0 Å². The van der Waals surface area contributed by atoms with Gasteiger partial charge in [0.15, 0.2) is 17.5 Å². The maximum absolute atomic E-state index is 5.19. The van der Waals surface area contributed by atoms with Crippen molar-refractivity contribution in [3.05, 3.63) is 235 Å². The molecule has 0 unspecified atom stereocenters. The molecule has 0 amide bonds. The molecule has 0 bridgehead atoms. The van der Waals surface area contributed by atoms with Crippen molar-refractivity contribution in [2.24, 2.45) is 0 Å². The Bertz CT molecular complexity index is 3550. The Morgan fingerprint density at radius 1 is 0.349 bits per heavy atom. The molecule has 0 fully saturated rings. The van der Waals surface area contributed by atoms with Crippen molar-refractivity contribution in [1.82, 2.24) is 19.5 Å². The molecule has 9 aromatic carbocycles. The Labute approximate surface area is 364 Å². The first kappa shape index (κ1) is 34.6. The molecule has 4 heterocycles. The molecule has 1 aliphatic carbocycles. The van der Waals surface area contributed by atoms with Crippen LogP contribution in [0.4, 0.5) is 0 Å². The second kappa shape index (κ2) is 12.9. The van der Waals surface area contributed by atoms with E-state index in [0.717, 1.165) is 22.4 Å². The van der Waals surface area contributed by atoms with Gasteiger partial charge < -0.3 is 4.57 Å². The van der Waals surface area contributed by atoms with Crippen molar-refractivity contribution in [2.45, 2.75) is 5.41 Å². The summed E-state index contributed by atoms with van der Waals surface area (Å²) in [5, 5.41) is 2.50. The highest BCUT2D eigenvalue weighted by atomic mass is 15.0. The summed E-state index contributed by atoms with van der Waals surface area (Å²) < 4.78 is 2.49. The molecule has 0 atom stereocenters. The van der Waals surface area contributed by atoms with Crippen LogP contribution in [0.15, 0.2) is 212 Å². The predicted octanol–water partition coefficient (Wildman–Crippen LogP) is 11.1. The van der Waals surface area contributed by atoms with Crippen LogP contribution < -0.4 is 16.4 Å². The summed E-state index contributed by atoms with van der Waals surface area (Å²) in [6.07, 6.45) is 0. The fraction of sp³-hybridized carbons (Fsp3) is 0.0172. The second-order valence-electron chi connectivity index (χ2n) is 17.0. The minimum absolute atomic E-state index is 0.0473.